The van der Waals surface area contributed by atoms with Gasteiger partial charge in [0, 0.05) is 38.5 Å². The lowest BCUT2D eigenvalue weighted by Gasteiger charge is -2.23. The van der Waals surface area contributed by atoms with Gasteiger partial charge in [0.25, 0.3) is 5.92 Å². The highest BCUT2D eigenvalue weighted by Crippen LogP contribution is 2.35. The van der Waals surface area contributed by atoms with Crippen LogP contribution in [0.1, 0.15) is 44.6 Å². The Morgan fingerprint density at radius 2 is 1.97 bits per heavy atom. The average Bonchev–Trinajstić information content (AvgIpc) is 3.34. The number of ketones is 1. The van der Waals surface area contributed by atoms with Crippen LogP contribution in [0, 0.1) is 5.82 Å². The van der Waals surface area contributed by atoms with Crippen molar-refractivity contribution in [2.75, 3.05) is 36.0 Å². The van der Waals surface area contributed by atoms with Gasteiger partial charge in [0.15, 0.2) is 11.6 Å². The lowest BCUT2D eigenvalue weighted by atomic mass is 9.96. The summed E-state index contributed by atoms with van der Waals surface area (Å²) in [6.45, 7) is 4.30. The molecular weight excluding hydrogens is 419 g/mol. The molecule has 8 heteroatoms. The molecule has 2 aromatic rings. The van der Waals surface area contributed by atoms with Crippen LogP contribution >= 0.6 is 0 Å². The van der Waals surface area contributed by atoms with Gasteiger partial charge in [-0.05, 0) is 36.6 Å². The van der Waals surface area contributed by atoms with Crippen molar-refractivity contribution in [3.63, 3.8) is 0 Å². The fraction of sp³-hybridized carbons (Fsp3) is 0.500. The molecule has 0 unspecified atom stereocenters. The van der Waals surface area contributed by atoms with Gasteiger partial charge in [-0.2, -0.15) is 0 Å². The molecule has 2 atom stereocenters. The van der Waals surface area contributed by atoms with Crippen molar-refractivity contribution in [2.24, 2.45) is 0 Å². The van der Waals surface area contributed by atoms with Crippen LogP contribution in [0.25, 0.3) is 0 Å². The van der Waals surface area contributed by atoms with E-state index in [2.05, 4.69) is 4.98 Å². The van der Waals surface area contributed by atoms with Gasteiger partial charge in [0.1, 0.15) is 17.6 Å². The molecule has 3 heterocycles. The first-order valence-corrected chi connectivity index (χ1v) is 11.0. The second-order valence-corrected chi connectivity index (χ2v) is 8.85. The van der Waals surface area contributed by atoms with Gasteiger partial charge in [-0.15, -0.1) is 0 Å². The number of carbonyl (C=O) groups is 1. The number of anilines is 2. The number of ether oxygens (including phenoxy) is 1. The Labute approximate surface area is 186 Å². The normalized spacial score (nSPS) is 21.1. The summed E-state index contributed by atoms with van der Waals surface area (Å²) in [4.78, 5) is 18.5. The smallest absolute Gasteiger partial charge is 0.266 e. The molecule has 0 saturated carbocycles. The van der Waals surface area contributed by atoms with Crippen LogP contribution in [-0.4, -0.2) is 49.0 Å². The number of nitrogens with zero attached hydrogens (tertiary/aromatic N) is 3. The van der Waals surface area contributed by atoms with Gasteiger partial charge in [-0.3, -0.25) is 0 Å². The van der Waals surface area contributed by atoms with Gasteiger partial charge < -0.3 is 19.3 Å². The maximum absolute atomic E-state index is 15.1. The van der Waals surface area contributed by atoms with Crippen molar-refractivity contribution in [1.82, 2.24) is 4.98 Å². The highest BCUT2D eigenvalue weighted by molar-refractivity contribution is 5.76. The minimum atomic E-state index is -2.81. The first-order chi connectivity index (χ1) is 15.2. The minimum Gasteiger partial charge on any atom is -0.489 e. The predicted molar refractivity (Wildman–Crippen MR) is 117 cm³/mol. The third-order valence-corrected chi connectivity index (χ3v) is 6.15. The fourth-order valence-corrected chi connectivity index (χ4v) is 4.46. The SMILES string of the molecule is CC(=O)C[C@@H](C)c1ccc(O[C@@H]2CCN(c3ccnc(N4CCC(F)(F)C4)c3F)C2)cc1. The molecule has 32 heavy (non-hydrogen) atoms. The van der Waals surface area contributed by atoms with E-state index >= 15 is 4.39 Å². The Kier molecular flexibility index (Phi) is 6.31. The second-order valence-electron chi connectivity index (χ2n) is 8.85. The molecule has 1 aromatic heterocycles. The van der Waals surface area contributed by atoms with Crippen LogP contribution in [0.5, 0.6) is 5.75 Å². The third kappa shape index (κ3) is 5.00. The topological polar surface area (TPSA) is 45.7 Å². The van der Waals surface area contributed by atoms with E-state index in [1.807, 2.05) is 36.1 Å². The zero-order valence-electron chi connectivity index (χ0n) is 18.4. The summed E-state index contributed by atoms with van der Waals surface area (Å²) in [5.74, 6) is -2.34. The molecule has 5 nitrogen and oxygen atoms in total. The van der Waals surface area contributed by atoms with Gasteiger partial charge in [-0.1, -0.05) is 19.1 Å². The molecule has 0 aliphatic carbocycles. The number of carbonyl (C=O) groups excluding carboxylic acids is 1. The number of pyridine rings is 1. The predicted octanol–water partition coefficient (Wildman–Crippen LogP) is 4.81. The van der Waals surface area contributed by atoms with Crippen LogP contribution in [0.3, 0.4) is 0 Å². The summed E-state index contributed by atoms with van der Waals surface area (Å²) in [6.07, 6.45) is 2.31. The average molecular weight is 448 g/mol. The maximum atomic E-state index is 15.1. The van der Waals surface area contributed by atoms with Gasteiger partial charge in [0.2, 0.25) is 0 Å². The van der Waals surface area contributed by atoms with Gasteiger partial charge in [-0.25, -0.2) is 18.2 Å². The van der Waals surface area contributed by atoms with Gasteiger partial charge >= 0.3 is 0 Å². The Bertz CT molecular complexity index is 967. The Morgan fingerprint density at radius 1 is 1.22 bits per heavy atom. The molecule has 4 rings (SSSR count). The van der Waals surface area contributed by atoms with E-state index in [-0.39, 0.29) is 36.6 Å². The van der Waals surface area contributed by atoms with Crippen molar-refractivity contribution < 1.29 is 22.7 Å². The van der Waals surface area contributed by atoms with E-state index in [1.54, 1.807) is 13.0 Å². The van der Waals surface area contributed by atoms with E-state index in [1.165, 1.54) is 11.1 Å². The number of rotatable bonds is 7. The number of halogens is 3. The molecule has 0 bridgehead atoms. The van der Waals surface area contributed by atoms with Crippen LogP contribution in [0.2, 0.25) is 0 Å². The van der Waals surface area contributed by atoms with E-state index in [0.29, 0.717) is 25.2 Å². The quantitative estimate of drug-likeness (QED) is 0.610. The summed E-state index contributed by atoms with van der Waals surface area (Å²) in [7, 11) is 0. The van der Waals surface area contributed by atoms with Gasteiger partial charge in [0.05, 0.1) is 18.8 Å². The Hall–Kier alpha value is -2.77. The minimum absolute atomic E-state index is 0.0145. The Balaban J connectivity index is 1.39. The van der Waals surface area contributed by atoms with Crippen LogP contribution in [0.4, 0.5) is 24.7 Å². The monoisotopic (exact) mass is 447 g/mol. The standard InChI is InChI=1S/C24H28F3N3O2/c1-16(13-17(2)31)18-3-5-19(6-4-18)32-20-8-11-29(14-20)21-7-10-28-23(22(21)25)30-12-9-24(26,27)15-30/h3-7,10,16,20H,8-9,11-15H2,1-2H3/t16-,20-/m1/s1. The third-order valence-electron chi connectivity index (χ3n) is 6.15. The number of benzene rings is 1. The van der Waals surface area contributed by atoms with E-state index in [9.17, 15) is 13.6 Å². The number of hydrogen-bond donors (Lipinski definition) is 0. The largest absolute Gasteiger partial charge is 0.489 e. The zero-order chi connectivity index (χ0) is 22.9. The fourth-order valence-electron chi connectivity index (χ4n) is 4.46. The van der Waals surface area contributed by atoms with E-state index < -0.39 is 18.3 Å². The summed E-state index contributed by atoms with van der Waals surface area (Å²) >= 11 is 0. The molecule has 2 aliphatic heterocycles. The summed E-state index contributed by atoms with van der Waals surface area (Å²) < 4.78 is 48.3. The maximum Gasteiger partial charge on any atom is 0.266 e. The van der Waals surface area contributed by atoms with Crippen LogP contribution < -0.4 is 14.5 Å². The second kappa shape index (κ2) is 9.00. The number of hydrogen-bond acceptors (Lipinski definition) is 5. The van der Waals surface area contributed by atoms with Crippen LogP contribution in [-0.2, 0) is 4.79 Å². The Morgan fingerprint density at radius 3 is 2.62 bits per heavy atom. The molecule has 2 aliphatic rings. The first kappa shape index (κ1) is 22.4. The summed E-state index contributed by atoms with van der Waals surface area (Å²) in [5.41, 5.74) is 1.45. The summed E-state index contributed by atoms with van der Waals surface area (Å²) in [6, 6.07) is 9.31. The van der Waals surface area contributed by atoms with Crippen LogP contribution in [0.15, 0.2) is 36.5 Å². The lowest BCUT2D eigenvalue weighted by molar-refractivity contribution is -0.117. The summed E-state index contributed by atoms with van der Waals surface area (Å²) in [5, 5.41) is 0. The molecule has 0 N–H and O–H groups in total. The first-order valence-electron chi connectivity index (χ1n) is 11.0. The number of Topliss-reactive ketones (excluding diaryl/α,β-unsaturated/α-hetero) is 1. The molecule has 2 fully saturated rings. The van der Waals surface area contributed by atoms with Crippen molar-refractivity contribution in [1.29, 1.82) is 0 Å². The highest BCUT2D eigenvalue weighted by atomic mass is 19.3. The molecule has 0 spiro atoms. The lowest BCUT2D eigenvalue weighted by Crippen LogP contribution is -2.28. The molecule has 2 saturated heterocycles. The number of alkyl halides is 2. The molecule has 172 valence electrons. The van der Waals surface area contributed by atoms with Crippen molar-refractivity contribution >= 4 is 17.3 Å². The molecular formula is C24H28F3N3O2. The molecule has 1 aromatic carbocycles. The van der Waals surface area contributed by atoms with E-state index in [0.717, 1.165) is 17.7 Å². The highest BCUT2D eigenvalue weighted by Gasteiger charge is 2.40. The molecule has 0 radical (unpaired) electrons. The molecule has 0 amide bonds. The zero-order valence-corrected chi connectivity index (χ0v) is 18.4. The number of aromatic nitrogens is 1. The van der Waals surface area contributed by atoms with Crippen molar-refractivity contribution in [2.45, 2.75) is 51.1 Å². The van der Waals surface area contributed by atoms with Crippen molar-refractivity contribution in [3.05, 3.63) is 47.9 Å². The van der Waals surface area contributed by atoms with Crippen molar-refractivity contribution in [3.8, 4) is 5.75 Å². The van der Waals surface area contributed by atoms with E-state index in [4.69, 9.17) is 4.74 Å².